The van der Waals surface area contributed by atoms with E-state index in [2.05, 4.69) is 0 Å². The molecule has 3 aromatic carbocycles. The minimum atomic E-state index is -1.15. The summed E-state index contributed by atoms with van der Waals surface area (Å²) in [7, 11) is 0. The Hall–Kier alpha value is -1.35. The second-order valence-corrected chi connectivity index (χ2v) is 7.80. The Labute approximate surface area is 226 Å². The summed E-state index contributed by atoms with van der Waals surface area (Å²) in [6.45, 7) is 2.77. The maximum atomic E-state index is 12.7. The van der Waals surface area contributed by atoms with Gasteiger partial charge in [0, 0.05) is 6.10 Å². The van der Waals surface area contributed by atoms with Gasteiger partial charge in [0.15, 0.2) is 0 Å². The summed E-state index contributed by atoms with van der Waals surface area (Å²) in [4.78, 5) is 0. The van der Waals surface area contributed by atoms with Crippen LogP contribution in [0.3, 0.4) is 0 Å². The molecule has 0 spiro atoms. The molecule has 0 unspecified atom stereocenters. The molecule has 4 rings (SSSR count). The van der Waals surface area contributed by atoms with E-state index >= 15 is 0 Å². The fourth-order valence-electron chi connectivity index (χ4n) is 3.66. The summed E-state index contributed by atoms with van der Waals surface area (Å²) in [6.07, 6.45) is -2.82. The van der Waals surface area contributed by atoms with Gasteiger partial charge in [0.25, 0.3) is 0 Å². The second-order valence-electron chi connectivity index (χ2n) is 7.80. The van der Waals surface area contributed by atoms with E-state index in [0.717, 1.165) is 16.7 Å². The quantitative estimate of drug-likeness (QED) is 0.259. The molecule has 168 valence electrons. The van der Waals surface area contributed by atoms with E-state index in [9.17, 15) is 5.11 Å². The Morgan fingerprint density at radius 1 is 0.647 bits per heavy atom. The van der Waals surface area contributed by atoms with Gasteiger partial charge in [-0.05, 0) is 16.7 Å². The summed E-state index contributed by atoms with van der Waals surface area (Å²) in [5.41, 5.74) is 3.10. The van der Waals surface area contributed by atoms with Crippen molar-refractivity contribution in [3.05, 3.63) is 114 Å². The fourth-order valence-corrected chi connectivity index (χ4v) is 3.66. The van der Waals surface area contributed by atoms with Crippen LogP contribution in [0.2, 0.25) is 0 Å². The van der Waals surface area contributed by atoms with Crippen molar-refractivity contribution in [2.75, 3.05) is 6.61 Å². The molecule has 0 N–H and O–H groups in total. The van der Waals surface area contributed by atoms with Crippen molar-refractivity contribution in [2.24, 2.45) is 0 Å². The smallest absolute Gasteiger partial charge is 0.872 e. The second kappa shape index (κ2) is 15.6. The molecule has 1 heterocycles. The number of ether oxygens (including phenoxy) is 4. The number of hydrogen-bond donors (Lipinski definition) is 0. The van der Waals surface area contributed by atoms with Crippen molar-refractivity contribution in [2.45, 2.75) is 44.2 Å². The molecule has 1 aliphatic rings. The normalized spacial score (nSPS) is 21.8. The number of hydrogen-bond acceptors (Lipinski definition) is 5. The molecule has 4 atom stereocenters. The van der Waals surface area contributed by atoms with Crippen LogP contribution in [0.1, 0.15) is 16.7 Å². The van der Waals surface area contributed by atoms with E-state index in [1.165, 1.54) is 6.61 Å². The molecule has 0 aromatic heterocycles. The zero-order valence-corrected chi connectivity index (χ0v) is 19.9. The summed E-state index contributed by atoms with van der Waals surface area (Å²) >= 11 is 0. The predicted molar refractivity (Wildman–Crippen MR) is 119 cm³/mol. The molecule has 34 heavy (non-hydrogen) atoms. The molecule has 0 saturated carbocycles. The molecule has 1 fully saturated rings. The van der Waals surface area contributed by atoms with E-state index in [1.807, 2.05) is 91.0 Å². The maximum absolute atomic E-state index is 12.7. The van der Waals surface area contributed by atoms with E-state index in [4.69, 9.17) is 18.9 Å². The van der Waals surface area contributed by atoms with Crippen molar-refractivity contribution >= 4 is 0 Å². The maximum Gasteiger partial charge on any atom is 1.00 e. The van der Waals surface area contributed by atoms with E-state index in [0.29, 0.717) is 26.4 Å². The van der Waals surface area contributed by atoms with Crippen molar-refractivity contribution in [3.8, 4) is 0 Å². The molecular weight excluding hydrogens is 418 g/mol. The topological polar surface area (TPSA) is 60.0 Å². The first-order valence-corrected chi connectivity index (χ1v) is 10.9. The van der Waals surface area contributed by atoms with Crippen molar-refractivity contribution < 1.29 is 61.8 Å². The van der Waals surface area contributed by atoms with Gasteiger partial charge in [0.05, 0.1) is 32.5 Å². The molecule has 7 heteroatoms. The van der Waals surface area contributed by atoms with Gasteiger partial charge in [-0.1, -0.05) is 91.0 Å². The summed E-state index contributed by atoms with van der Waals surface area (Å²) in [5, 5.41) is 12.7. The zero-order valence-electron chi connectivity index (χ0n) is 19.9. The van der Waals surface area contributed by atoms with Crippen LogP contribution >= 0.6 is 0 Å². The molecule has 0 aliphatic carbocycles. The Balaban J connectivity index is 0.00000204. The SMILES string of the molecule is [Li+].[Li+].[O-][C@H]1[CH-]O[C@H](COCc2ccccc2)[C@@H](OCc2ccccc2)[C@@H]1OCc1ccccc1. The van der Waals surface area contributed by atoms with Crippen LogP contribution in [-0.4, -0.2) is 31.0 Å². The van der Waals surface area contributed by atoms with E-state index in [1.54, 1.807) is 0 Å². The Morgan fingerprint density at radius 3 is 1.59 bits per heavy atom. The summed E-state index contributed by atoms with van der Waals surface area (Å²) < 4.78 is 23.9. The average Bonchev–Trinajstić information content (AvgIpc) is 2.85. The minimum absolute atomic E-state index is 0. The van der Waals surface area contributed by atoms with Crippen LogP contribution in [0.25, 0.3) is 0 Å². The van der Waals surface area contributed by atoms with Gasteiger partial charge < -0.3 is 24.1 Å². The van der Waals surface area contributed by atoms with Gasteiger partial charge in [-0.2, -0.15) is 0 Å². The minimum Gasteiger partial charge on any atom is -0.872 e. The van der Waals surface area contributed by atoms with Crippen molar-refractivity contribution in [1.82, 2.24) is 0 Å². The summed E-state index contributed by atoms with van der Waals surface area (Å²) in [5.74, 6) is 0. The third-order valence-corrected chi connectivity index (χ3v) is 5.37. The van der Waals surface area contributed by atoms with Crippen LogP contribution in [0.15, 0.2) is 91.0 Å². The first kappa shape index (κ1) is 28.9. The van der Waals surface area contributed by atoms with Crippen molar-refractivity contribution in [3.63, 3.8) is 0 Å². The van der Waals surface area contributed by atoms with Gasteiger partial charge in [-0.25, -0.2) is 12.7 Å². The monoisotopic (exact) mass is 446 g/mol. The fraction of sp³-hybridized carbons (Fsp3) is 0.296. The molecule has 0 radical (unpaired) electrons. The Morgan fingerprint density at radius 2 is 1.09 bits per heavy atom. The van der Waals surface area contributed by atoms with Crippen LogP contribution in [0.5, 0.6) is 0 Å². The molecule has 1 aliphatic heterocycles. The van der Waals surface area contributed by atoms with Gasteiger partial charge in [-0.3, -0.25) is 0 Å². The molecule has 0 bridgehead atoms. The average molecular weight is 446 g/mol. The van der Waals surface area contributed by atoms with Crippen LogP contribution in [0, 0.1) is 6.61 Å². The third kappa shape index (κ3) is 8.70. The molecular formula is C27H28Li2O5. The van der Waals surface area contributed by atoms with Crippen LogP contribution < -0.4 is 42.8 Å². The number of benzene rings is 3. The van der Waals surface area contributed by atoms with Crippen LogP contribution in [-0.2, 0) is 38.8 Å². The third-order valence-electron chi connectivity index (χ3n) is 5.37. The van der Waals surface area contributed by atoms with Gasteiger partial charge >= 0.3 is 37.7 Å². The standard InChI is InChI=1S/C27H28O5.2Li/c28-24-19-30-25(20-29-16-21-10-4-1-5-11-21)27(32-18-23-14-8-3-9-15-23)26(24)31-17-22-12-6-2-7-13-22;;/h1-15,19,24-27H,16-18,20H2;;/q-2;2*+1/t24-,25+,26+,27+;;/m0../s1. The predicted octanol–water partition coefficient (Wildman–Crippen LogP) is -2.33. The van der Waals surface area contributed by atoms with Gasteiger partial charge in [-0.15, -0.1) is 0 Å². The molecule has 3 aromatic rings. The molecule has 5 nitrogen and oxygen atoms in total. The van der Waals surface area contributed by atoms with Crippen molar-refractivity contribution in [1.29, 1.82) is 0 Å². The summed E-state index contributed by atoms with van der Waals surface area (Å²) in [6, 6.07) is 29.6. The van der Waals surface area contributed by atoms with Gasteiger partial charge in [0.2, 0.25) is 0 Å². The van der Waals surface area contributed by atoms with E-state index < -0.39 is 24.4 Å². The number of rotatable bonds is 10. The Bertz CT molecular complexity index is 914. The molecule has 1 saturated heterocycles. The first-order chi connectivity index (χ1) is 15.8. The molecule has 0 amide bonds. The van der Waals surface area contributed by atoms with E-state index in [-0.39, 0.29) is 37.7 Å². The Kier molecular flexibility index (Phi) is 13.3. The first-order valence-electron chi connectivity index (χ1n) is 10.9. The van der Waals surface area contributed by atoms with Crippen LogP contribution in [0.4, 0.5) is 0 Å². The van der Waals surface area contributed by atoms with Gasteiger partial charge in [0.1, 0.15) is 6.10 Å². The zero-order chi connectivity index (χ0) is 22.0. The largest absolute Gasteiger partial charge is 1.00 e.